The number of thiazole rings is 1. The van der Waals surface area contributed by atoms with Crippen molar-refractivity contribution in [1.29, 1.82) is 5.26 Å². The fraction of sp³-hybridized carbons (Fsp3) is 0.400. The lowest BCUT2D eigenvalue weighted by Crippen LogP contribution is -2.52. The lowest BCUT2D eigenvalue weighted by atomic mass is 10.2. The van der Waals surface area contributed by atoms with E-state index in [0.29, 0.717) is 11.6 Å². The number of piperazine rings is 1. The van der Waals surface area contributed by atoms with Crippen molar-refractivity contribution in [3.8, 4) is 6.07 Å². The van der Waals surface area contributed by atoms with E-state index in [4.69, 9.17) is 5.26 Å². The van der Waals surface area contributed by atoms with Crippen molar-refractivity contribution < 1.29 is 0 Å². The van der Waals surface area contributed by atoms with Crippen LogP contribution in [0.3, 0.4) is 0 Å². The molecule has 1 aliphatic heterocycles. The maximum Gasteiger partial charge on any atom is 0.185 e. The SMILES string of the molecule is Cc1csc(N2CCN(c3ccc(C#N)cn3)CC2C)n1. The molecule has 3 heterocycles. The lowest BCUT2D eigenvalue weighted by molar-refractivity contribution is 0.546. The highest BCUT2D eigenvalue weighted by molar-refractivity contribution is 7.13. The molecule has 0 aromatic carbocycles. The first-order valence-corrected chi connectivity index (χ1v) is 7.85. The fourth-order valence-electron chi connectivity index (χ4n) is 2.56. The molecular formula is C15H17N5S. The molecule has 1 atom stereocenters. The van der Waals surface area contributed by atoms with Gasteiger partial charge in [-0.05, 0) is 26.0 Å². The highest BCUT2D eigenvalue weighted by atomic mass is 32.1. The van der Waals surface area contributed by atoms with Gasteiger partial charge in [0.05, 0.1) is 11.3 Å². The number of pyridine rings is 1. The van der Waals surface area contributed by atoms with E-state index in [0.717, 1.165) is 36.3 Å². The van der Waals surface area contributed by atoms with E-state index in [1.165, 1.54) is 0 Å². The summed E-state index contributed by atoms with van der Waals surface area (Å²) < 4.78 is 0. The lowest BCUT2D eigenvalue weighted by Gasteiger charge is -2.40. The zero-order chi connectivity index (χ0) is 14.8. The van der Waals surface area contributed by atoms with Crippen molar-refractivity contribution in [2.45, 2.75) is 19.9 Å². The Hall–Kier alpha value is -2.13. The maximum atomic E-state index is 8.83. The van der Waals surface area contributed by atoms with Crippen molar-refractivity contribution in [1.82, 2.24) is 9.97 Å². The van der Waals surface area contributed by atoms with Gasteiger partial charge >= 0.3 is 0 Å². The van der Waals surface area contributed by atoms with Crippen molar-refractivity contribution in [3.63, 3.8) is 0 Å². The summed E-state index contributed by atoms with van der Waals surface area (Å²) in [6, 6.07) is 6.24. The summed E-state index contributed by atoms with van der Waals surface area (Å²) >= 11 is 1.71. The van der Waals surface area contributed by atoms with Crippen molar-refractivity contribution >= 4 is 22.3 Å². The molecule has 0 saturated carbocycles. The minimum absolute atomic E-state index is 0.391. The Kier molecular flexibility index (Phi) is 3.76. The molecule has 0 bridgehead atoms. The summed E-state index contributed by atoms with van der Waals surface area (Å²) in [6.07, 6.45) is 1.64. The summed E-state index contributed by atoms with van der Waals surface area (Å²) in [4.78, 5) is 13.6. The van der Waals surface area contributed by atoms with Crippen LogP contribution in [0.2, 0.25) is 0 Å². The molecular weight excluding hydrogens is 282 g/mol. The molecule has 2 aromatic rings. The largest absolute Gasteiger partial charge is 0.353 e. The van der Waals surface area contributed by atoms with E-state index in [-0.39, 0.29) is 0 Å². The Bertz CT molecular complexity index is 657. The zero-order valence-electron chi connectivity index (χ0n) is 12.2. The van der Waals surface area contributed by atoms with Crippen molar-refractivity contribution in [2.24, 2.45) is 0 Å². The molecule has 21 heavy (non-hydrogen) atoms. The first-order valence-electron chi connectivity index (χ1n) is 6.97. The number of hydrogen-bond donors (Lipinski definition) is 0. The highest BCUT2D eigenvalue weighted by Crippen LogP contribution is 2.26. The minimum Gasteiger partial charge on any atom is -0.353 e. The van der Waals surface area contributed by atoms with Gasteiger partial charge < -0.3 is 9.80 Å². The van der Waals surface area contributed by atoms with Crippen molar-refractivity contribution in [2.75, 3.05) is 29.4 Å². The average molecular weight is 299 g/mol. The van der Waals surface area contributed by atoms with E-state index in [1.54, 1.807) is 17.5 Å². The Morgan fingerprint density at radius 3 is 2.81 bits per heavy atom. The average Bonchev–Trinajstić information content (AvgIpc) is 2.93. The Morgan fingerprint density at radius 1 is 1.38 bits per heavy atom. The van der Waals surface area contributed by atoms with Crippen LogP contribution in [0, 0.1) is 18.3 Å². The predicted octanol–water partition coefficient (Wildman–Crippen LogP) is 2.43. The van der Waals surface area contributed by atoms with Crippen molar-refractivity contribution in [3.05, 3.63) is 35.0 Å². The van der Waals surface area contributed by atoms with Crippen LogP contribution in [0.25, 0.3) is 0 Å². The minimum atomic E-state index is 0.391. The third-order valence-corrected chi connectivity index (χ3v) is 4.68. The number of nitriles is 1. The molecule has 1 unspecified atom stereocenters. The topological polar surface area (TPSA) is 56.0 Å². The molecule has 0 spiro atoms. The quantitative estimate of drug-likeness (QED) is 0.852. The molecule has 108 valence electrons. The van der Waals surface area contributed by atoms with Gasteiger partial charge in [0.2, 0.25) is 0 Å². The summed E-state index contributed by atoms with van der Waals surface area (Å²) in [5.41, 5.74) is 1.68. The molecule has 3 rings (SSSR count). The normalized spacial score (nSPS) is 18.6. The maximum absolute atomic E-state index is 8.83. The number of anilines is 2. The first kappa shape index (κ1) is 13.8. The van der Waals surface area contributed by atoms with Gasteiger partial charge in [0.1, 0.15) is 11.9 Å². The van der Waals surface area contributed by atoms with Gasteiger partial charge in [-0.2, -0.15) is 5.26 Å². The Labute approximate surface area is 128 Å². The first-order chi connectivity index (χ1) is 10.2. The third kappa shape index (κ3) is 2.83. The molecule has 0 amide bonds. The van der Waals surface area contributed by atoms with Crippen LogP contribution in [-0.2, 0) is 0 Å². The summed E-state index contributed by atoms with van der Waals surface area (Å²) in [6.45, 7) is 7.02. The fourth-order valence-corrected chi connectivity index (χ4v) is 3.49. The second-order valence-corrected chi connectivity index (χ2v) is 6.11. The van der Waals surface area contributed by atoms with Gasteiger partial charge in [-0.1, -0.05) is 0 Å². The molecule has 1 aliphatic rings. The van der Waals surface area contributed by atoms with Crippen LogP contribution in [0.4, 0.5) is 10.9 Å². The van der Waals surface area contributed by atoms with E-state index in [2.05, 4.69) is 38.1 Å². The molecule has 1 saturated heterocycles. The van der Waals surface area contributed by atoms with Crippen LogP contribution in [-0.4, -0.2) is 35.6 Å². The molecule has 6 heteroatoms. The predicted molar refractivity (Wildman–Crippen MR) is 84.8 cm³/mol. The molecule has 0 radical (unpaired) electrons. The van der Waals surface area contributed by atoms with Crippen LogP contribution in [0.1, 0.15) is 18.2 Å². The van der Waals surface area contributed by atoms with E-state index in [1.807, 2.05) is 19.1 Å². The standard InChI is InChI=1S/C15H17N5S/c1-11-10-21-15(18-11)20-6-5-19(9-12(20)2)14-4-3-13(7-16)8-17-14/h3-4,8,10,12H,5-6,9H2,1-2H3. The summed E-state index contributed by atoms with van der Waals surface area (Å²) in [5.74, 6) is 0.941. The highest BCUT2D eigenvalue weighted by Gasteiger charge is 2.26. The number of aryl methyl sites for hydroxylation is 1. The zero-order valence-corrected chi connectivity index (χ0v) is 13.0. The van der Waals surface area contributed by atoms with Crippen LogP contribution >= 0.6 is 11.3 Å². The smallest absolute Gasteiger partial charge is 0.185 e. The Morgan fingerprint density at radius 2 is 2.24 bits per heavy atom. The van der Waals surface area contributed by atoms with Crippen LogP contribution in [0.5, 0.6) is 0 Å². The molecule has 0 N–H and O–H groups in total. The van der Waals surface area contributed by atoms with Gasteiger partial charge in [-0.25, -0.2) is 9.97 Å². The van der Waals surface area contributed by atoms with Gasteiger partial charge in [-0.15, -0.1) is 11.3 Å². The molecule has 1 fully saturated rings. The number of rotatable bonds is 2. The summed E-state index contributed by atoms with van der Waals surface area (Å²) in [7, 11) is 0. The van der Waals surface area contributed by atoms with Crippen LogP contribution < -0.4 is 9.80 Å². The number of aromatic nitrogens is 2. The molecule has 2 aromatic heterocycles. The monoisotopic (exact) mass is 299 g/mol. The van der Waals surface area contributed by atoms with E-state index < -0.39 is 0 Å². The van der Waals surface area contributed by atoms with Gasteiger partial charge in [0, 0.05) is 37.3 Å². The Balaban J connectivity index is 1.71. The molecule has 0 aliphatic carbocycles. The van der Waals surface area contributed by atoms with Gasteiger partial charge in [-0.3, -0.25) is 0 Å². The molecule has 5 nitrogen and oxygen atoms in total. The van der Waals surface area contributed by atoms with Crippen LogP contribution in [0.15, 0.2) is 23.7 Å². The van der Waals surface area contributed by atoms with E-state index in [9.17, 15) is 0 Å². The number of hydrogen-bond acceptors (Lipinski definition) is 6. The second-order valence-electron chi connectivity index (χ2n) is 5.28. The second kappa shape index (κ2) is 5.70. The summed E-state index contributed by atoms with van der Waals surface area (Å²) in [5, 5.41) is 12.0. The number of nitrogens with zero attached hydrogens (tertiary/aromatic N) is 5. The van der Waals surface area contributed by atoms with E-state index >= 15 is 0 Å². The van der Waals surface area contributed by atoms with Gasteiger partial charge in [0.15, 0.2) is 5.13 Å². The van der Waals surface area contributed by atoms with Gasteiger partial charge in [0.25, 0.3) is 0 Å². The third-order valence-electron chi connectivity index (χ3n) is 3.68.